The number of carbonyl (C=O) groups is 1. The molecule has 0 saturated carbocycles. The van der Waals surface area contributed by atoms with E-state index in [1.165, 1.54) is 6.07 Å². The monoisotopic (exact) mass is 342 g/mol. The minimum Gasteiger partial charge on any atom is -0.450 e. The van der Waals surface area contributed by atoms with Gasteiger partial charge in [-0.2, -0.15) is 10.4 Å². The van der Waals surface area contributed by atoms with Crippen LogP contribution in [0.1, 0.15) is 40.3 Å². The second kappa shape index (κ2) is 7.11. The third-order valence-electron chi connectivity index (χ3n) is 4.68. The van der Waals surface area contributed by atoms with Crippen LogP contribution in [0.4, 0.5) is 0 Å². The third kappa shape index (κ3) is 3.44. The lowest BCUT2D eigenvalue weighted by Gasteiger charge is -2.16. The average molecular weight is 342 g/mol. The van der Waals surface area contributed by atoms with Gasteiger partial charge in [0.05, 0.1) is 18.4 Å². The van der Waals surface area contributed by atoms with E-state index in [-0.39, 0.29) is 23.5 Å². The first-order chi connectivity index (χ1) is 12.0. The molecule has 3 heterocycles. The second-order valence-electron chi connectivity index (χ2n) is 6.38. The van der Waals surface area contributed by atoms with Crippen LogP contribution in [-0.4, -0.2) is 46.9 Å². The van der Waals surface area contributed by atoms with Gasteiger partial charge in [0.1, 0.15) is 11.8 Å². The summed E-state index contributed by atoms with van der Waals surface area (Å²) in [4.78, 5) is 14.7. The van der Waals surface area contributed by atoms with Crippen molar-refractivity contribution in [1.29, 1.82) is 5.26 Å². The van der Waals surface area contributed by atoms with Crippen molar-refractivity contribution in [3.8, 4) is 6.07 Å². The van der Waals surface area contributed by atoms with Crippen LogP contribution >= 0.6 is 0 Å². The van der Waals surface area contributed by atoms with Gasteiger partial charge in [0, 0.05) is 50.8 Å². The number of amides is 1. The molecule has 2 atom stereocenters. The van der Waals surface area contributed by atoms with Crippen LogP contribution in [0.3, 0.4) is 0 Å². The lowest BCUT2D eigenvalue weighted by molar-refractivity contribution is 0.0761. The zero-order valence-electron chi connectivity index (χ0n) is 14.7. The lowest BCUT2D eigenvalue weighted by Crippen LogP contribution is -2.29. The molecule has 0 unspecified atom stereocenters. The Balaban J connectivity index is 1.81. The first kappa shape index (κ1) is 17.2. The van der Waals surface area contributed by atoms with E-state index in [2.05, 4.69) is 5.10 Å². The molecule has 1 aliphatic rings. The molecule has 0 aromatic carbocycles. The van der Waals surface area contributed by atoms with Crippen molar-refractivity contribution in [3.05, 3.63) is 41.1 Å². The number of carbonyl (C=O) groups excluding carboxylic acids is 1. The zero-order valence-corrected chi connectivity index (χ0v) is 14.7. The highest BCUT2D eigenvalue weighted by Crippen LogP contribution is 2.34. The largest absolute Gasteiger partial charge is 0.450 e. The van der Waals surface area contributed by atoms with Gasteiger partial charge in [-0.3, -0.25) is 9.48 Å². The minimum atomic E-state index is -0.101. The first-order valence-corrected chi connectivity index (χ1v) is 8.39. The Bertz CT molecular complexity index is 802. The number of nitriles is 1. The molecular weight excluding hydrogens is 320 g/mol. The van der Waals surface area contributed by atoms with E-state index >= 15 is 0 Å². The third-order valence-corrected chi connectivity index (χ3v) is 4.68. The molecule has 1 fully saturated rings. The summed E-state index contributed by atoms with van der Waals surface area (Å²) >= 11 is 0. The summed E-state index contributed by atoms with van der Waals surface area (Å²) in [5.41, 5.74) is 1.57. The molecular formula is C18H22N4O3. The van der Waals surface area contributed by atoms with Crippen molar-refractivity contribution >= 4 is 5.91 Å². The van der Waals surface area contributed by atoms with Crippen LogP contribution in [0.15, 0.2) is 22.9 Å². The number of hydrogen-bond donors (Lipinski definition) is 0. The van der Waals surface area contributed by atoms with Crippen molar-refractivity contribution in [2.24, 2.45) is 13.0 Å². The van der Waals surface area contributed by atoms with Crippen LogP contribution in [0, 0.1) is 24.2 Å². The molecule has 3 rings (SSSR count). The SMILES string of the molecule is CCOC[C@@H]1CN(C(=O)c2cc(C#N)oc2C)C[C@H]1c1cnn(C)c1. The fourth-order valence-electron chi connectivity index (χ4n) is 3.40. The van der Waals surface area contributed by atoms with Gasteiger partial charge in [-0.25, -0.2) is 0 Å². The van der Waals surface area contributed by atoms with Crippen molar-refractivity contribution in [3.63, 3.8) is 0 Å². The molecule has 7 heteroatoms. The van der Waals surface area contributed by atoms with Crippen LogP contribution in [0.5, 0.6) is 0 Å². The Morgan fingerprint density at radius 2 is 2.32 bits per heavy atom. The van der Waals surface area contributed by atoms with Crippen molar-refractivity contribution in [2.45, 2.75) is 19.8 Å². The fourth-order valence-corrected chi connectivity index (χ4v) is 3.40. The van der Waals surface area contributed by atoms with E-state index in [0.29, 0.717) is 37.6 Å². The molecule has 1 saturated heterocycles. The molecule has 0 spiro atoms. The van der Waals surface area contributed by atoms with Gasteiger partial charge in [-0.15, -0.1) is 0 Å². The van der Waals surface area contributed by atoms with E-state index in [0.717, 1.165) is 5.56 Å². The van der Waals surface area contributed by atoms with Crippen molar-refractivity contribution in [1.82, 2.24) is 14.7 Å². The molecule has 0 radical (unpaired) electrons. The Morgan fingerprint density at radius 3 is 2.92 bits per heavy atom. The number of rotatable bonds is 5. The molecule has 0 bridgehead atoms. The minimum absolute atomic E-state index is 0.101. The number of ether oxygens (including phenoxy) is 1. The van der Waals surface area contributed by atoms with Gasteiger partial charge in [0.25, 0.3) is 5.91 Å². The standard InChI is InChI=1S/C18H22N4O3/c1-4-24-11-14-9-22(10-17(14)13-7-20-21(3)8-13)18(23)16-5-15(6-19)25-12(16)2/h5,7-8,14,17H,4,9-11H2,1-3H3/t14-,17-/m0/s1. The highest BCUT2D eigenvalue weighted by Gasteiger charge is 2.38. The number of likely N-dealkylation sites (tertiary alicyclic amines) is 1. The van der Waals surface area contributed by atoms with Crippen molar-refractivity contribution < 1.29 is 13.9 Å². The molecule has 1 aliphatic heterocycles. The van der Waals surface area contributed by atoms with E-state index < -0.39 is 0 Å². The zero-order chi connectivity index (χ0) is 18.0. The van der Waals surface area contributed by atoms with E-state index in [9.17, 15) is 4.79 Å². The maximum absolute atomic E-state index is 12.9. The molecule has 0 aliphatic carbocycles. The average Bonchev–Trinajstić information content (AvgIpc) is 3.30. The smallest absolute Gasteiger partial charge is 0.257 e. The number of furan rings is 1. The summed E-state index contributed by atoms with van der Waals surface area (Å²) < 4.78 is 12.7. The van der Waals surface area contributed by atoms with E-state index in [4.69, 9.17) is 14.4 Å². The normalized spacial score (nSPS) is 20.0. The Kier molecular flexibility index (Phi) is 4.91. The molecule has 7 nitrogen and oxygen atoms in total. The number of aromatic nitrogens is 2. The topological polar surface area (TPSA) is 84.3 Å². The quantitative estimate of drug-likeness (QED) is 0.830. The number of hydrogen-bond acceptors (Lipinski definition) is 5. The number of aryl methyl sites for hydroxylation is 2. The van der Waals surface area contributed by atoms with E-state index in [1.807, 2.05) is 37.3 Å². The fraction of sp³-hybridized carbons (Fsp3) is 0.500. The highest BCUT2D eigenvalue weighted by molar-refractivity contribution is 5.95. The molecule has 132 valence electrons. The van der Waals surface area contributed by atoms with Gasteiger partial charge < -0.3 is 14.1 Å². The number of nitrogens with zero attached hydrogens (tertiary/aromatic N) is 4. The summed E-state index contributed by atoms with van der Waals surface area (Å²) in [5, 5.41) is 13.2. The van der Waals surface area contributed by atoms with Gasteiger partial charge in [-0.1, -0.05) is 0 Å². The summed E-state index contributed by atoms with van der Waals surface area (Å²) in [5.74, 6) is 0.945. The summed E-state index contributed by atoms with van der Waals surface area (Å²) in [6.45, 7) is 6.15. The molecule has 2 aromatic heterocycles. The van der Waals surface area contributed by atoms with Gasteiger partial charge >= 0.3 is 0 Å². The molecule has 0 N–H and O–H groups in total. The van der Waals surface area contributed by atoms with Gasteiger partial charge in [0.2, 0.25) is 5.76 Å². The molecule has 25 heavy (non-hydrogen) atoms. The predicted octanol–water partition coefficient (Wildman–Crippen LogP) is 2.09. The van der Waals surface area contributed by atoms with Crippen LogP contribution in [0.2, 0.25) is 0 Å². The Labute approximate surface area is 146 Å². The Morgan fingerprint density at radius 1 is 1.52 bits per heavy atom. The van der Waals surface area contributed by atoms with Crippen LogP contribution in [-0.2, 0) is 11.8 Å². The van der Waals surface area contributed by atoms with Gasteiger partial charge in [-0.05, 0) is 19.4 Å². The summed E-state index contributed by atoms with van der Waals surface area (Å²) in [6.07, 6.45) is 3.85. The first-order valence-electron chi connectivity index (χ1n) is 8.39. The second-order valence-corrected chi connectivity index (χ2v) is 6.38. The maximum atomic E-state index is 12.9. The van der Waals surface area contributed by atoms with E-state index in [1.54, 1.807) is 11.6 Å². The summed E-state index contributed by atoms with van der Waals surface area (Å²) in [6, 6.07) is 3.46. The maximum Gasteiger partial charge on any atom is 0.257 e. The Hall–Kier alpha value is -2.59. The van der Waals surface area contributed by atoms with Crippen molar-refractivity contribution in [2.75, 3.05) is 26.3 Å². The van der Waals surface area contributed by atoms with Crippen LogP contribution < -0.4 is 0 Å². The van der Waals surface area contributed by atoms with Crippen LogP contribution in [0.25, 0.3) is 0 Å². The lowest BCUT2D eigenvalue weighted by atomic mass is 9.92. The molecule has 1 amide bonds. The molecule has 2 aromatic rings. The predicted molar refractivity (Wildman–Crippen MR) is 90.0 cm³/mol. The highest BCUT2D eigenvalue weighted by atomic mass is 16.5. The summed E-state index contributed by atoms with van der Waals surface area (Å²) in [7, 11) is 1.89. The van der Waals surface area contributed by atoms with Gasteiger partial charge in [0.15, 0.2) is 0 Å².